The van der Waals surface area contributed by atoms with Crippen LogP contribution in [0.5, 0.6) is 0 Å². The van der Waals surface area contributed by atoms with Crippen LogP contribution in [-0.4, -0.2) is 35.0 Å². The van der Waals surface area contributed by atoms with E-state index in [1.165, 1.54) is 4.31 Å². The molecule has 0 amide bonds. The minimum atomic E-state index is -3.19. The van der Waals surface area contributed by atoms with Crippen LogP contribution in [0.1, 0.15) is 29.5 Å². The van der Waals surface area contributed by atoms with E-state index >= 15 is 0 Å². The first kappa shape index (κ1) is 21.7. The highest BCUT2D eigenvalue weighted by Gasteiger charge is 2.38. The molecule has 0 bridgehead atoms. The van der Waals surface area contributed by atoms with Gasteiger partial charge in [0.05, 0.1) is 16.9 Å². The zero-order chi connectivity index (χ0) is 22.7. The maximum atomic E-state index is 12.3. The van der Waals surface area contributed by atoms with Crippen LogP contribution in [0.4, 0.5) is 23.1 Å². The van der Waals surface area contributed by atoms with Crippen LogP contribution in [0.25, 0.3) is 0 Å². The molecule has 1 fully saturated rings. The third-order valence-corrected chi connectivity index (χ3v) is 7.53. The molecule has 0 radical (unpaired) electrons. The fourth-order valence-electron chi connectivity index (χ4n) is 3.22. The van der Waals surface area contributed by atoms with Crippen molar-refractivity contribution >= 4 is 33.2 Å². The van der Waals surface area contributed by atoms with Crippen LogP contribution in [0.3, 0.4) is 0 Å². The molecule has 1 aliphatic rings. The fraction of sp³-hybridized carbons (Fsp3) is 0.261. The number of aryl methyl sites for hydroxylation is 1. The lowest BCUT2D eigenvalue weighted by molar-refractivity contribution is 0.465. The van der Waals surface area contributed by atoms with Gasteiger partial charge in [0.15, 0.2) is 0 Å². The lowest BCUT2D eigenvalue weighted by Gasteiger charge is -2.17. The summed E-state index contributed by atoms with van der Waals surface area (Å²) >= 11 is 0. The molecule has 1 saturated carbocycles. The Labute approximate surface area is 188 Å². The molecule has 0 aliphatic heterocycles. The van der Waals surface area contributed by atoms with Gasteiger partial charge < -0.3 is 10.6 Å². The molecule has 0 spiro atoms. The normalized spacial score (nSPS) is 13.6. The summed E-state index contributed by atoms with van der Waals surface area (Å²) in [6, 6.07) is 16.8. The Morgan fingerprint density at radius 2 is 1.88 bits per heavy atom. The largest absolute Gasteiger partial charge is 0.340 e. The zero-order valence-corrected chi connectivity index (χ0v) is 18.7. The third-order valence-electron chi connectivity index (χ3n) is 5.22. The monoisotopic (exact) mass is 448 g/mol. The summed E-state index contributed by atoms with van der Waals surface area (Å²) in [5, 5.41) is 15.2. The predicted octanol–water partition coefficient (Wildman–Crippen LogP) is 4.07. The molecule has 1 heterocycles. The van der Waals surface area contributed by atoms with Crippen molar-refractivity contribution in [2.75, 3.05) is 17.7 Å². The molecule has 3 aromatic rings. The molecule has 0 unspecified atom stereocenters. The van der Waals surface area contributed by atoms with Gasteiger partial charge in [-0.2, -0.15) is 10.2 Å². The van der Waals surface area contributed by atoms with E-state index in [9.17, 15) is 8.42 Å². The van der Waals surface area contributed by atoms with E-state index in [1.807, 2.05) is 37.3 Å². The summed E-state index contributed by atoms with van der Waals surface area (Å²) < 4.78 is 26.1. The van der Waals surface area contributed by atoms with Gasteiger partial charge in [-0.15, -0.1) is 0 Å². The van der Waals surface area contributed by atoms with E-state index in [4.69, 9.17) is 5.26 Å². The molecule has 1 aromatic heterocycles. The van der Waals surface area contributed by atoms with E-state index in [1.54, 1.807) is 31.4 Å². The zero-order valence-electron chi connectivity index (χ0n) is 17.9. The van der Waals surface area contributed by atoms with Gasteiger partial charge in [-0.05, 0) is 55.7 Å². The van der Waals surface area contributed by atoms with Crippen molar-refractivity contribution in [1.82, 2.24) is 14.3 Å². The summed E-state index contributed by atoms with van der Waals surface area (Å²) in [5.74, 6) is 1.07. The van der Waals surface area contributed by atoms with Crippen molar-refractivity contribution in [3.8, 4) is 6.07 Å². The Morgan fingerprint density at radius 3 is 2.56 bits per heavy atom. The maximum Gasteiger partial charge on any atom is 0.229 e. The van der Waals surface area contributed by atoms with E-state index in [0.717, 1.165) is 35.3 Å². The van der Waals surface area contributed by atoms with Crippen molar-refractivity contribution in [3.05, 3.63) is 71.4 Å². The van der Waals surface area contributed by atoms with Crippen LogP contribution in [0, 0.1) is 18.3 Å². The molecule has 0 saturated heterocycles. The van der Waals surface area contributed by atoms with Crippen LogP contribution in [-0.2, 0) is 16.6 Å². The number of rotatable bonds is 8. The smallest absolute Gasteiger partial charge is 0.229 e. The van der Waals surface area contributed by atoms with Gasteiger partial charge in [-0.3, -0.25) is 0 Å². The third kappa shape index (κ3) is 5.04. The minimum Gasteiger partial charge on any atom is -0.340 e. The van der Waals surface area contributed by atoms with E-state index in [-0.39, 0.29) is 5.25 Å². The van der Waals surface area contributed by atoms with Gasteiger partial charge in [-0.1, -0.05) is 18.2 Å². The maximum absolute atomic E-state index is 12.3. The predicted molar refractivity (Wildman–Crippen MR) is 124 cm³/mol. The highest BCUT2D eigenvalue weighted by molar-refractivity contribution is 7.90. The summed E-state index contributed by atoms with van der Waals surface area (Å²) in [6.45, 7) is 2.26. The average molecular weight is 449 g/mol. The quantitative estimate of drug-likeness (QED) is 0.534. The highest BCUT2D eigenvalue weighted by Crippen LogP contribution is 2.31. The molecular formula is C23H24N6O2S. The summed E-state index contributed by atoms with van der Waals surface area (Å²) in [7, 11) is -1.56. The lowest BCUT2D eigenvalue weighted by Crippen LogP contribution is -2.29. The number of hydrogen-bond acceptors (Lipinski definition) is 7. The SMILES string of the molecule is Cc1cnc(Nc2cccc(C#N)c2)nc1Nc1ccc(CN(C)S(=O)(=O)C2CC2)cc1. The molecule has 1 aliphatic carbocycles. The number of nitrogens with one attached hydrogen (secondary N) is 2. The van der Waals surface area contributed by atoms with Crippen molar-refractivity contribution in [2.45, 2.75) is 31.6 Å². The van der Waals surface area contributed by atoms with Crippen LogP contribution in [0.2, 0.25) is 0 Å². The molecule has 4 rings (SSSR count). The topological polar surface area (TPSA) is 111 Å². The fourth-order valence-corrected chi connectivity index (χ4v) is 4.79. The van der Waals surface area contributed by atoms with E-state index in [0.29, 0.717) is 23.9 Å². The second kappa shape index (κ2) is 8.94. The Bertz CT molecular complexity index is 1260. The number of benzene rings is 2. The number of anilines is 4. The molecule has 32 heavy (non-hydrogen) atoms. The second-order valence-electron chi connectivity index (χ2n) is 7.87. The van der Waals surface area contributed by atoms with Gasteiger partial charge in [0, 0.05) is 36.7 Å². The molecule has 2 aromatic carbocycles. The number of nitriles is 1. The number of aromatic nitrogens is 2. The van der Waals surface area contributed by atoms with Crippen LogP contribution >= 0.6 is 0 Å². The summed E-state index contributed by atoms with van der Waals surface area (Å²) in [4.78, 5) is 8.86. The highest BCUT2D eigenvalue weighted by atomic mass is 32.2. The second-order valence-corrected chi connectivity index (χ2v) is 10.2. The van der Waals surface area contributed by atoms with Gasteiger partial charge >= 0.3 is 0 Å². The first-order valence-electron chi connectivity index (χ1n) is 10.3. The standard InChI is InChI=1S/C23H24N6O2S/c1-16-14-25-23(27-20-5-3-4-18(12-20)13-24)28-22(16)26-19-8-6-17(7-9-19)15-29(2)32(30,31)21-10-11-21/h3-9,12,14,21H,10-11,15H2,1-2H3,(H2,25,26,27,28). The Morgan fingerprint density at radius 1 is 1.12 bits per heavy atom. The lowest BCUT2D eigenvalue weighted by atomic mass is 10.2. The Kier molecular flexibility index (Phi) is 6.08. The molecule has 9 heteroatoms. The molecule has 8 nitrogen and oxygen atoms in total. The van der Waals surface area contributed by atoms with Crippen LogP contribution < -0.4 is 10.6 Å². The minimum absolute atomic E-state index is 0.209. The molecule has 0 atom stereocenters. The summed E-state index contributed by atoms with van der Waals surface area (Å²) in [5.41, 5.74) is 3.91. The van der Waals surface area contributed by atoms with Gasteiger partial charge in [-0.25, -0.2) is 17.7 Å². The van der Waals surface area contributed by atoms with Crippen molar-refractivity contribution in [2.24, 2.45) is 0 Å². The van der Waals surface area contributed by atoms with Gasteiger partial charge in [0.2, 0.25) is 16.0 Å². The first-order chi connectivity index (χ1) is 15.3. The van der Waals surface area contributed by atoms with E-state index in [2.05, 4.69) is 26.7 Å². The van der Waals surface area contributed by atoms with Crippen molar-refractivity contribution < 1.29 is 8.42 Å². The number of sulfonamides is 1. The van der Waals surface area contributed by atoms with Crippen molar-refractivity contribution in [1.29, 1.82) is 5.26 Å². The summed E-state index contributed by atoms with van der Waals surface area (Å²) in [6.07, 6.45) is 3.24. The Hall–Kier alpha value is -3.48. The number of hydrogen-bond donors (Lipinski definition) is 2. The van der Waals surface area contributed by atoms with E-state index < -0.39 is 10.0 Å². The first-order valence-corrected chi connectivity index (χ1v) is 11.8. The molecular weight excluding hydrogens is 424 g/mol. The van der Waals surface area contributed by atoms with Gasteiger partial charge in [0.25, 0.3) is 0 Å². The van der Waals surface area contributed by atoms with Crippen molar-refractivity contribution in [3.63, 3.8) is 0 Å². The number of nitrogens with zero attached hydrogens (tertiary/aromatic N) is 4. The molecule has 2 N–H and O–H groups in total. The van der Waals surface area contributed by atoms with Crippen LogP contribution in [0.15, 0.2) is 54.7 Å². The average Bonchev–Trinajstić information content (AvgIpc) is 3.64. The Balaban J connectivity index is 1.44. The van der Waals surface area contributed by atoms with Gasteiger partial charge in [0.1, 0.15) is 5.82 Å². The molecule has 164 valence electrons.